The molecule has 1 aromatic heterocycles. The SMILES string of the molecule is CN(C)c1ccc(CNC(=O)CSc2n[nH]c(N)n2)cc1. The molecule has 112 valence electrons. The normalized spacial score (nSPS) is 10.4. The summed E-state index contributed by atoms with van der Waals surface area (Å²) in [4.78, 5) is 17.7. The summed E-state index contributed by atoms with van der Waals surface area (Å²) in [5, 5.41) is 9.70. The topological polar surface area (TPSA) is 99.9 Å². The number of aromatic amines is 1. The van der Waals surface area contributed by atoms with Gasteiger partial charge in [0.25, 0.3) is 0 Å². The third-order valence-corrected chi connectivity index (χ3v) is 3.60. The van der Waals surface area contributed by atoms with E-state index in [9.17, 15) is 4.79 Å². The fourth-order valence-corrected chi connectivity index (χ4v) is 2.25. The number of carbonyl (C=O) groups is 1. The summed E-state index contributed by atoms with van der Waals surface area (Å²) in [6.07, 6.45) is 0. The first-order valence-electron chi connectivity index (χ1n) is 6.38. The van der Waals surface area contributed by atoms with Crippen LogP contribution >= 0.6 is 11.8 Å². The summed E-state index contributed by atoms with van der Waals surface area (Å²) in [7, 11) is 3.98. The van der Waals surface area contributed by atoms with Crippen LogP contribution in [0.5, 0.6) is 0 Å². The molecule has 0 radical (unpaired) electrons. The fourth-order valence-electron chi connectivity index (χ4n) is 1.62. The van der Waals surface area contributed by atoms with E-state index in [1.165, 1.54) is 11.8 Å². The third-order valence-electron chi connectivity index (χ3n) is 2.76. The van der Waals surface area contributed by atoms with Gasteiger partial charge >= 0.3 is 0 Å². The van der Waals surface area contributed by atoms with E-state index in [2.05, 4.69) is 20.5 Å². The highest BCUT2D eigenvalue weighted by atomic mass is 32.2. The van der Waals surface area contributed by atoms with E-state index < -0.39 is 0 Å². The lowest BCUT2D eigenvalue weighted by molar-refractivity contribution is -0.118. The number of nitrogen functional groups attached to an aromatic ring is 1. The maximum Gasteiger partial charge on any atom is 0.230 e. The summed E-state index contributed by atoms with van der Waals surface area (Å²) < 4.78 is 0. The molecule has 21 heavy (non-hydrogen) atoms. The van der Waals surface area contributed by atoms with E-state index in [0.717, 1.165) is 11.3 Å². The molecule has 8 heteroatoms. The number of hydrogen-bond acceptors (Lipinski definition) is 6. The van der Waals surface area contributed by atoms with Crippen molar-refractivity contribution in [2.45, 2.75) is 11.7 Å². The van der Waals surface area contributed by atoms with Crippen molar-refractivity contribution in [3.8, 4) is 0 Å². The van der Waals surface area contributed by atoms with Gasteiger partial charge in [0.2, 0.25) is 17.0 Å². The Morgan fingerprint density at radius 3 is 2.67 bits per heavy atom. The first kappa shape index (κ1) is 15.2. The molecule has 1 heterocycles. The monoisotopic (exact) mass is 306 g/mol. The van der Waals surface area contributed by atoms with Crippen LogP contribution in [0.3, 0.4) is 0 Å². The van der Waals surface area contributed by atoms with Crippen molar-refractivity contribution < 1.29 is 4.79 Å². The number of benzene rings is 1. The molecular weight excluding hydrogens is 288 g/mol. The molecule has 0 aliphatic rings. The van der Waals surface area contributed by atoms with Crippen molar-refractivity contribution in [3.63, 3.8) is 0 Å². The summed E-state index contributed by atoms with van der Waals surface area (Å²) in [5.74, 6) is 0.437. The molecule has 0 spiro atoms. The zero-order valence-corrected chi connectivity index (χ0v) is 12.8. The molecule has 1 aromatic carbocycles. The second-order valence-corrected chi connectivity index (χ2v) is 5.57. The number of nitrogens with zero attached hydrogens (tertiary/aromatic N) is 3. The highest BCUT2D eigenvalue weighted by molar-refractivity contribution is 7.99. The van der Waals surface area contributed by atoms with Crippen molar-refractivity contribution in [1.29, 1.82) is 0 Å². The molecule has 0 bridgehead atoms. The molecule has 0 atom stereocenters. The predicted molar refractivity (Wildman–Crippen MR) is 84.1 cm³/mol. The predicted octanol–water partition coefficient (Wildman–Crippen LogP) is 0.861. The first-order valence-corrected chi connectivity index (χ1v) is 7.37. The Morgan fingerprint density at radius 2 is 2.10 bits per heavy atom. The Labute approximate surface area is 127 Å². The lowest BCUT2D eigenvalue weighted by Crippen LogP contribution is -2.24. The van der Waals surface area contributed by atoms with E-state index in [1.54, 1.807) is 0 Å². The molecule has 0 fully saturated rings. The van der Waals surface area contributed by atoms with Crippen molar-refractivity contribution in [2.24, 2.45) is 0 Å². The molecule has 0 saturated heterocycles. The summed E-state index contributed by atoms with van der Waals surface area (Å²) >= 11 is 1.24. The van der Waals surface area contributed by atoms with Gasteiger partial charge in [-0.25, -0.2) is 5.10 Å². The second kappa shape index (κ2) is 6.98. The Morgan fingerprint density at radius 1 is 1.38 bits per heavy atom. The fraction of sp³-hybridized carbons (Fsp3) is 0.308. The van der Waals surface area contributed by atoms with Crippen LogP contribution in [-0.4, -0.2) is 40.9 Å². The van der Waals surface area contributed by atoms with Crippen LogP contribution < -0.4 is 16.0 Å². The van der Waals surface area contributed by atoms with Gasteiger partial charge in [-0.05, 0) is 17.7 Å². The van der Waals surface area contributed by atoms with Crippen LogP contribution in [0.1, 0.15) is 5.56 Å². The Hall–Kier alpha value is -2.22. The molecular formula is C13H18N6OS. The van der Waals surface area contributed by atoms with Gasteiger partial charge in [-0.2, -0.15) is 4.98 Å². The molecule has 2 aromatic rings. The van der Waals surface area contributed by atoms with Gasteiger partial charge < -0.3 is 16.0 Å². The molecule has 4 N–H and O–H groups in total. The average Bonchev–Trinajstić information content (AvgIpc) is 2.89. The zero-order chi connectivity index (χ0) is 15.2. The van der Waals surface area contributed by atoms with Crippen molar-refractivity contribution in [1.82, 2.24) is 20.5 Å². The molecule has 0 aliphatic heterocycles. The molecule has 2 rings (SSSR count). The van der Waals surface area contributed by atoms with E-state index >= 15 is 0 Å². The lowest BCUT2D eigenvalue weighted by Gasteiger charge is -2.12. The van der Waals surface area contributed by atoms with E-state index in [1.807, 2.05) is 43.3 Å². The van der Waals surface area contributed by atoms with Crippen LogP contribution in [0.25, 0.3) is 0 Å². The van der Waals surface area contributed by atoms with E-state index in [0.29, 0.717) is 11.7 Å². The van der Waals surface area contributed by atoms with Gasteiger partial charge in [-0.15, -0.1) is 5.10 Å². The van der Waals surface area contributed by atoms with Gasteiger partial charge in [0.15, 0.2) is 0 Å². The van der Waals surface area contributed by atoms with Crippen LogP contribution in [0, 0.1) is 0 Å². The van der Waals surface area contributed by atoms with E-state index in [-0.39, 0.29) is 17.6 Å². The molecule has 1 amide bonds. The van der Waals surface area contributed by atoms with Crippen LogP contribution in [0.15, 0.2) is 29.4 Å². The van der Waals surface area contributed by atoms with Crippen molar-refractivity contribution in [3.05, 3.63) is 29.8 Å². The van der Waals surface area contributed by atoms with Gasteiger partial charge in [-0.1, -0.05) is 23.9 Å². The number of nitrogens with one attached hydrogen (secondary N) is 2. The highest BCUT2D eigenvalue weighted by Crippen LogP contribution is 2.13. The zero-order valence-electron chi connectivity index (χ0n) is 12.0. The molecule has 0 unspecified atom stereocenters. The quantitative estimate of drug-likeness (QED) is 0.685. The maximum atomic E-state index is 11.7. The number of aromatic nitrogens is 3. The van der Waals surface area contributed by atoms with Crippen molar-refractivity contribution >= 4 is 29.3 Å². The average molecular weight is 306 g/mol. The number of thioether (sulfide) groups is 1. The number of anilines is 2. The minimum atomic E-state index is -0.0694. The smallest absolute Gasteiger partial charge is 0.230 e. The summed E-state index contributed by atoms with van der Waals surface area (Å²) in [6, 6.07) is 8.04. The number of hydrogen-bond donors (Lipinski definition) is 3. The molecule has 0 aliphatic carbocycles. The van der Waals surface area contributed by atoms with Crippen molar-refractivity contribution in [2.75, 3.05) is 30.5 Å². The Bertz CT molecular complexity index is 595. The Balaban J connectivity index is 1.75. The largest absolute Gasteiger partial charge is 0.378 e. The Kier molecular flexibility index (Phi) is 5.04. The lowest BCUT2D eigenvalue weighted by atomic mass is 10.2. The number of rotatable bonds is 6. The van der Waals surface area contributed by atoms with Crippen LogP contribution in [-0.2, 0) is 11.3 Å². The van der Waals surface area contributed by atoms with Crippen LogP contribution in [0.4, 0.5) is 11.6 Å². The summed E-state index contributed by atoms with van der Waals surface area (Å²) in [6.45, 7) is 0.503. The number of amides is 1. The first-order chi connectivity index (χ1) is 10.0. The maximum absolute atomic E-state index is 11.7. The summed E-state index contributed by atoms with van der Waals surface area (Å²) in [5.41, 5.74) is 7.59. The third kappa shape index (κ3) is 4.67. The minimum Gasteiger partial charge on any atom is -0.378 e. The minimum absolute atomic E-state index is 0.0694. The number of H-pyrrole nitrogens is 1. The van der Waals surface area contributed by atoms with Gasteiger partial charge in [-0.3, -0.25) is 4.79 Å². The van der Waals surface area contributed by atoms with Gasteiger partial charge in [0.05, 0.1) is 5.75 Å². The van der Waals surface area contributed by atoms with E-state index in [4.69, 9.17) is 5.73 Å². The highest BCUT2D eigenvalue weighted by Gasteiger charge is 2.06. The standard InChI is InChI=1S/C13H18N6OS/c1-19(2)10-5-3-9(4-6-10)7-15-11(20)8-21-13-16-12(14)17-18-13/h3-6H,7-8H2,1-2H3,(H,15,20)(H3,14,16,17,18). The molecule has 7 nitrogen and oxygen atoms in total. The van der Waals surface area contributed by atoms with Gasteiger partial charge in [0.1, 0.15) is 0 Å². The number of nitrogens with two attached hydrogens (primary N) is 1. The number of carbonyl (C=O) groups excluding carboxylic acids is 1. The van der Waals surface area contributed by atoms with Gasteiger partial charge in [0, 0.05) is 26.3 Å². The second-order valence-electron chi connectivity index (χ2n) is 4.63. The van der Waals surface area contributed by atoms with Crippen LogP contribution in [0.2, 0.25) is 0 Å². The molecule has 0 saturated carbocycles.